The van der Waals surface area contributed by atoms with Gasteiger partial charge in [-0.3, -0.25) is 0 Å². The third kappa shape index (κ3) is 9.40. The van der Waals surface area contributed by atoms with Crippen molar-refractivity contribution in [1.82, 2.24) is 9.55 Å². The number of nitrogens with zero attached hydrogens (tertiary/aromatic N) is 4. The number of anilines is 4. The first kappa shape index (κ1) is 51.6. The average molecular weight is 1210 g/mol. The summed E-state index contributed by atoms with van der Waals surface area (Å²) in [6.45, 7) is 22.7. The molecule has 3 aromatic heterocycles. The van der Waals surface area contributed by atoms with Gasteiger partial charge in [0, 0.05) is 89.3 Å². The number of hydrogen-bond acceptors (Lipinski definition) is 5. The van der Waals surface area contributed by atoms with Crippen molar-refractivity contribution in [2.24, 2.45) is 0 Å². The van der Waals surface area contributed by atoms with Gasteiger partial charge < -0.3 is 23.5 Å². The van der Waals surface area contributed by atoms with Crippen LogP contribution < -0.4 is 14.5 Å². The number of benzene rings is 9. The van der Waals surface area contributed by atoms with Gasteiger partial charge in [-0.05, 0) is 97.0 Å². The second-order valence-corrected chi connectivity index (χ2v) is 23.8. The van der Waals surface area contributed by atoms with E-state index in [1.54, 1.807) is 0 Å². The molecule has 0 unspecified atom stereocenters. The van der Waals surface area contributed by atoms with Gasteiger partial charge in [-0.25, -0.2) is 4.98 Å². The summed E-state index contributed by atoms with van der Waals surface area (Å²) in [5.41, 5.74) is 18.1. The molecule has 0 saturated heterocycles. The molecule has 79 heavy (non-hydrogen) atoms. The summed E-state index contributed by atoms with van der Waals surface area (Å²) in [4.78, 5) is 9.58. The van der Waals surface area contributed by atoms with Crippen molar-refractivity contribution in [3.8, 4) is 50.7 Å². The summed E-state index contributed by atoms with van der Waals surface area (Å²) in [6, 6.07) is 76.7. The van der Waals surface area contributed by atoms with Crippen LogP contribution in [0.1, 0.15) is 79.0 Å². The van der Waals surface area contributed by atoms with Gasteiger partial charge in [0.1, 0.15) is 17.0 Å². The number of pyridine rings is 1. The summed E-state index contributed by atoms with van der Waals surface area (Å²) >= 11 is 0. The molecule has 1 aliphatic rings. The van der Waals surface area contributed by atoms with Crippen LogP contribution >= 0.6 is 0 Å². The molecule has 0 aliphatic carbocycles. The molecule has 4 heterocycles. The van der Waals surface area contributed by atoms with Crippen LogP contribution in [0.4, 0.5) is 22.7 Å². The van der Waals surface area contributed by atoms with E-state index in [2.05, 4.69) is 259 Å². The average Bonchev–Trinajstić information content (AvgIpc) is 4.20. The van der Waals surface area contributed by atoms with Gasteiger partial charge >= 0.3 is 0 Å². The van der Waals surface area contributed by atoms with E-state index >= 15 is 0 Å². The maximum absolute atomic E-state index is 6.83. The first-order chi connectivity index (χ1) is 37.5. The Kier molecular flexibility index (Phi) is 12.8. The molecule has 0 spiro atoms. The molecule has 13 rings (SSSR count). The number of aromatic nitrogens is 2. The summed E-state index contributed by atoms with van der Waals surface area (Å²) in [5.74, 6) is 1.94. The zero-order valence-electron chi connectivity index (χ0n) is 46.1. The van der Waals surface area contributed by atoms with Gasteiger partial charge in [0.2, 0.25) is 0 Å². The molecular formula is C72H61N4O2Pt-3. The zero-order valence-corrected chi connectivity index (χ0v) is 48.3. The Hall–Kier alpha value is -8.18. The topological polar surface area (TPSA) is 46.7 Å². The normalized spacial score (nSPS) is 12.9. The van der Waals surface area contributed by atoms with Crippen molar-refractivity contribution in [3.63, 3.8) is 0 Å². The predicted octanol–water partition coefficient (Wildman–Crippen LogP) is 19.8. The summed E-state index contributed by atoms with van der Waals surface area (Å²) in [5, 5.41) is 4.28. The molecule has 0 atom stereocenters. The van der Waals surface area contributed by atoms with E-state index in [4.69, 9.17) is 14.1 Å². The van der Waals surface area contributed by atoms with Crippen LogP contribution in [0.5, 0.6) is 11.5 Å². The quantitative estimate of drug-likeness (QED) is 0.142. The molecule has 1 aliphatic heterocycles. The van der Waals surface area contributed by atoms with E-state index in [0.717, 1.165) is 89.0 Å². The molecule has 0 fully saturated rings. The Bertz CT molecular complexity index is 4270. The van der Waals surface area contributed by atoms with E-state index in [-0.39, 0.29) is 37.3 Å². The number of hydrogen-bond donors (Lipinski definition) is 0. The monoisotopic (exact) mass is 1210 g/mol. The van der Waals surface area contributed by atoms with E-state index in [1.807, 2.05) is 36.5 Å². The standard InChI is InChI=1S/C72H61N4O2.Pt/c1-70(2,3)50-34-35-73-68(40-50)76-64-42-55(32-33-58(64)60-43-61-59-26-13-16-31-66(59)78-67(61)44-65(60)76)77-54-25-18-24-53(41-54)74-45-75(63-30-15-14-29-62(63)74)69-56(48-23-17-22-47(36-48)46-20-11-10-12-21-46)27-19-28-57(69)49-37-51(71(4,5)6)39-52(38-49)72(7,8)9;/h10-40,43-45H,1-9H3;/q-3;. The predicted molar refractivity (Wildman–Crippen MR) is 324 cm³/mol. The van der Waals surface area contributed by atoms with Crippen molar-refractivity contribution in [2.45, 2.75) is 78.6 Å². The summed E-state index contributed by atoms with van der Waals surface area (Å²) < 4.78 is 15.5. The van der Waals surface area contributed by atoms with E-state index in [0.29, 0.717) is 11.5 Å². The van der Waals surface area contributed by atoms with Crippen molar-refractivity contribution in [2.75, 3.05) is 9.80 Å². The second kappa shape index (κ2) is 19.6. The third-order valence-electron chi connectivity index (χ3n) is 15.4. The fourth-order valence-electron chi connectivity index (χ4n) is 11.1. The van der Waals surface area contributed by atoms with Gasteiger partial charge in [-0.1, -0.05) is 189 Å². The second-order valence-electron chi connectivity index (χ2n) is 23.8. The fraction of sp³-hybridized carbons (Fsp3) is 0.167. The van der Waals surface area contributed by atoms with Crippen LogP contribution in [0.2, 0.25) is 0 Å². The molecule has 6 nitrogen and oxygen atoms in total. The maximum atomic E-state index is 6.83. The van der Waals surface area contributed by atoms with E-state index < -0.39 is 0 Å². The molecule has 0 radical (unpaired) electrons. The van der Waals surface area contributed by atoms with Crippen molar-refractivity contribution in [1.29, 1.82) is 0 Å². The molecule has 12 aromatic rings. The van der Waals surface area contributed by atoms with Crippen LogP contribution in [0.3, 0.4) is 0 Å². The van der Waals surface area contributed by atoms with E-state index in [1.165, 1.54) is 33.4 Å². The smallest absolute Gasteiger partial charge is 0.137 e. The van der Waals surface area contributed by atoms with Gasteiger partial charge in [0.25, 0.3) is 0 Å². The van der Waals surface area contributed by atoms with Crippen molar-refractivity contribution in [3.05, 3.63) is 236 Å². The van der Waals surface area contributed by atoms with Crippen molar-refractivity contribution < 1.29 is 30.2 Å². The number of ether oxygens (including phenoxy) is 1. The minimum Gasteiger partial charge on any atom is -0.509 e. The van der Waals surface area contributed by atoms with Gasteiger partial charge in [-0.15, -0.1) is 48.1 Å². The zero-order chi connectivity index (χ0) is 53.7. The van der Waals surface area contributed by atoms with Crippen LogP contribution in [0.15, 0.2) is 205 Å². The molecule has 0 N–H and O–H groups in total. The SMILES string of the molecule is CC(C)(C)c1cc(-c2cccc(-c3cccc(-c4ccccc4)c3)c2N2[CH-]N(c3[c-]c(Oc4[c-]c5c(cc4)c4cc6c(cc4n5-c4cc(C(C)(C)C)ccn4)oc4ccccc46)ccc3)c3ccccc32)cc(C(C)(C)C)c1.[Pt]. The number of rotatable bonds is 8. The minimum absolute atomic E-state index is 0. The largest absolute Gasteiger partial charge is 0.509 e. The minimum atomic E-state index is -0.0834. The molecule has 0 amide bonds. The Morgan fingerprint density at radius 2 is 1.09 bits per heavy atom. The molecule has 394 valence electrons. The molecular weight excluding hydrogens is 1150 g/mol. The molecule has 7 heteroatoms. The summed E-state index contributed by atoms with van der Waals surface area (Å²) in [6.07, 6.45) is 1.90. The maximum Gasteiger partial charge on any atom is 0.137 e. The fourth-order valence-corrected chi connectivity index (χ4v) is 11.1. The summed E-state index contributed by atoms with van der Waals surface area (Å²) in [7, 11) is 0. The van der Waals surface area contributed by atoms with Crippen LogP contribution in [0, 0.1) is 18.8 Å². The van der Waals surface area contributed by atoms with Gasteiger partial charge in [-0.2, -0.15) is 12.1 Å². The van der Waals surface area contributed by atoms with E-state index in [9.17, 15) is 0 Å². The van der Waals surface area contributed by atoms with Gasteiger partial charge in [0.05, 0.1) is 0 Å². The third-order valence-corrected chi connectivity index (χ3v) is 15.4. The van der Waals surface area contributed by atoms with Crippen LogP contribution in [-0.4, -0.2) is 9.55 Å². The van der Waals surface area contributed by atoms with Gasteiger partial charge in [0.15, 0.2) is 0 Å². The molecule has 0 saturated carbocycles. The van der Waals surface area contributed by atoms with Crippen molar-refractivity contribution >= 4 is 66.5 Å². The Morgan fingerprint density at radius 1 is 0.456 bits per heavy atom. The number of para-hydroxylation sites is 4. The number of fused-ring (bicyclic) bond motifs is 7. The first-order valence-corrected chi connectivity index (χ1v) is 27.0. The number of furan rings is 1. The Balaban J connectivity index is 0.00000623. The van der Waals surface area contributed by atoms with Crippen LogP contribution in [-0.2, 0) is 37.3 Å². The Morgan fingerprint density at radius 3 is 1.84 bits per heavy atom. The molecule has 9 aromatic carbocycles. The van der Waals surface area contributed by atoms with Crippen LogP contribution in [0.25, 0.3) is 82.9 Å². The Labute approximate surface area is 478 Å². The molecule has 0 bridgehead atoms. The first-order valence-electron chi connectivity index (χ1n) is 27.0.